The Balaban J connectivity index is 1.82. The van der Waals surface area contributed by atoms with E-state index < -0.39 is 0 Å². The molecule has 0 saturated carbocycles. The highest BCUT2D eigenvalue weighted by atomic mass is 15.1. The van der Waals surface area contributed by atoms with E-state index >= 15 is 0 Å². The van der Waals surface area contributed by atoms with Gasteiger partial charge in [-0.1, -0.05) is 51.1 Å². The minimum atomic E-state index is 0.480. The van der Waals surface area contributed by atoms with E-state index in [-0.39, 0.29) is 0 Å². The second-order valence-corrected chi connectivity index (χ2v) is 6.64. The van der Waals surface area contributed by atoms with E-state index in [0.29, 0.717) is 5.41 Å². The first-order valence-corrected chi connectivity index (χ1v) is 6.79. The standard InChI is InChI=1S/C16H25N/c1-16(2,3)11-15-9-10-17(13-15)12-14-7-5-4-6-8-14/h4-8,15H,9-13H2,1-3H3. The normalized spacial score (nSPS) is 21.9. The highest BCUT2D eigenvalue weighted by molar-refractivity contribution is 5.14. The molecule has 1 aromatic rings. The lowest BCUT2D eigenvalue weighted by molar-refractivity contribution is 0.269. The van der Waals surface area contributed by atoms with Crippen LogP contribution < -0.4 is 0 Å². The first-order chi connectivity index (χ1) is 8.03. The second-order valence-electron chi connectivity index (χ2n) is 6.64. The zero-order valence-corrected chi connectivity index (χ0v) is 11.4. The fourth-order valence-electron chi connectivity index (χ4n) is 2.93. The maximum absolute atomic E-state index is 2.60. The average Bonchev–Trinajstić information content (AvgIpc) is 2.64. The molecule has 1 unspecified atom stereocenters. The van der Waals surface area contributed by atoms with Crippen LogP contribution in [0.1, 0.15) is 39.2 Å². The minimum Gasteiger partial charge on any atom is -0.299 e. The van der Waals surface area contributed by atoms with Crippen LogP contribution in [0.3, 0.4) is 0 Å². The molecule has 1 aromatic carbocycles. The lowest BCUT2D eigenvalue weighted by atomic mass is 9.84. The number of nitrogens with zero attached hydrogens (tertiary/aromatic N) is 1. The van der Waals surface area contributed by atoms with Gasteiger partial charge in [-0.05, 0) is 36.3 Å². The Labute approximate surface area is 106 Å². The van der Waals surface area contributed by atoms with Crippen LogP contribution in [0, 0.1) is 11.3 Å². The third-order valence-corrected chi connectivity index (χ3v) is 3.52. The van der Waals surface area contributed by atoms with Gasteiger partial charge in [-0.15, -0.1) is 0 Å². The number of rotatable bonds is 3. The van der Waals surface area contributed by atoms with Crippen molar-refractivity contribution in [1.29, 1.82) is 0 Å². The zero-order valence-electron chi connectivity index (χ0n) is 11.4. The van der Waals surface area contributed by atoms with Crippen molar-refractivity contribution < 1.29 is 0 Å². The summed E-state index contributed by atoms with van der Waals surface area (Å²) in [5.41, 5.74) is 1.93. The molecule has 1 aliphatic heterocycles. The molecular weight excluding hydrogens is 206 g/mol. The van der Waals surface area contributed by atoms with Gasteiger partial charge in [0.1, 0.15) is 0 Å². The van der Waals surface area contributed by atoms with Crippen LogP contribution in [-0.4, -0.2) is 18.0 Å². The lowest BCUT2D eigenvalue weighted by Crippen LogP contribution is -2.21. The van der Waals surface area contributed by atoms with Crippen molar-refractivity contribution >= 4 is 0 Å². The fraction of sp³-hybridized carbons (Fsp3) is 0.625. The second kappa shape index (κ2) is 5.22. The maximum atomic E-state index is 2.60. The number of benzene rings is 1. The van der Waals surface area contributed by atoms with Crippen molar-refractivity contribution in [3.63, 3.8) is 0 Å². The van der Waals surface area contributed by atoms with Gasteiger partial charge in [-0.3, -0.25) is 4.90 Å². The van der Waals surface area contributed by atoms with Gasteiger partial charge in [0.15, 0.2) is 0 Å². The highest BCUT2D eigenvalue weighted by Gasteiger charge is 2.26. The van der Waals surface area contributed by atoms with Crippen LogP contribution in [0.2, 0.25) is 0 Å². The Bertz CT molecular complexity index is 336. The van der Waals surface area contributed by atoms with Crippen molar-refractivity contribution in [2.75, 3.05) is 13.1 Å². The Kier molecular flexibility index (Phi) is 3.88. The SMILES string of the molecule is CC(C)(C)CC1CCN(Cc2ccccc2)C1. The van der Waals surface area contributed by atoms with Crippen LogP contribution in [0.5, 0.6) is 0 Å². The van der Waals surface area contributed by atoms with Gasteiger partial charge in [-0.2, -0.15) is 0 Å². The summed E-state index contributed by atoms with van der Waals surface area (Å²) in [6.07, 6.45) is 2.74. The number of likely N-dealkylation sites (tertiary alicyclic amines) is 1. The van der Waals surface area contributed by atoms with E-state index in [2.05, 4.69) is 56.0 Å². The molecule has 2 rings (SSSR count). The van der Waals surface area contributed by atoms with Crippen LogP contribution in [0.4, 0.5) is 0 Å². The smallest absolute Gasteiger partial charge is 0.0233 e. The summed E-state index contributed by atoms with van der Waals surface area (Å²) >= 11 is 0. The van der Waals surface area contributed by atoms with E-state index in [4.69, 9.17) is 0 Å². The molecule has 0 spiro atoms. The Morgan fingerprint density at radius 2 is 1.88 bits per heavy atom. The van der Waals surface area contributed by atoms with Crippen LogP contribution in [0.25, 0.3) is 0 Å². The zero-order chi connectivity index (χ0) is 12.3. The molecule has 94 valence electrons. The van der Waals surface area contributed by atoms with Gasteiger partial charge in [0.05, 0.1) is 0 Å². The predicted molar refractivity (Wildman–Crippen MR) is 73.9 cm³/mol. The Morgan fingerprint density at radius 3 is 2.53 bits per heavy atom. The molecule has 1 heteroatoms. The van der Waals surface area contributed by atoms with Crippen molar-refractivity contribution in [3.8, 4) is 0 Å². The topological polar surface area (TPSA) is 3.24 Å². The molecule has 1 heterocycles. The van der Waals surface area contributed by atoms with Crippen molar-refractivity contribution in [1.82, 2.24) is 4.90 Å². The molecular formula is C16H25N. The molecule has 0 N–H and O–H groups in total. The predicted octanol–water partition coefficient (Wildman–Crippen LogP) is 3.94. The van der Waals surface area contributed by atoms with Gasteiger partial charge < -0.3 is 0 Å². The molecule has 17 heavy (non-hydrogen) atoms. The fourth-order valence-corrected chi connectivity index (χ4v) is 2.93. The Morgan fingerprint density at radius 1 is 1.18 bits per heavy atom. The summed E-state index contributed by atoms with van der Waals surface area (Å²) in [6.45, 7) is 10.7. The third kappa shape index (κ3) is 4.16. The van der Waals surface area contributed by atoms with Gasteiger partial charge >= 0.3 is 0 Å². The molecule has 0 amide bonds. The van der Waals surface area contributed by atoms with Crippen molar-refractivity contribution in [2.45, 2.75) is 40.2 Å². The van der Waals surface area contributed by atoms with Gasteiger partial charge in [0.25, 0.3) is 0 Å². The van der Waals surface area contributed by atoms with Crippen LogP contribution in [-0.2, 0) is 6.54 Å². The molecule has 0 aromatic heterocycles. The molecule has 1 saturated heterocycles. The summed E-state index contributed by atoms with van der Waals surface area (Å²) in [5, 5.41) is 0. The molecule has 1 fully saturated rings. The monoisotopic (exact) mass is 231 g/mol. The molecule has 0 aliphatic carbocycles. The molecule has 0 bridgehead atoms. The van der Waals surface area contributed by atoms with Crippen molar-refractivity contribution in [3.05, 3.63) is 35.9 Å². The van der Waals surface area contributed by atoms with Crippen LogP contribution >= 0.6 is 0 Å². The van der Waals surface area contributed by atoms with E-state index in [1.165, 1.54) is 31.5 Å². The van der Waals surface area contributed by atoms with Crippen molar-refractivity contribution in [2.24, 2.45) is 11.3 Å². The number of hydrogen-bond donors (Lipinski definition) is 0. The van der Waals surface area contributed by atoms with Gasteiger partial charge in [0.2, 0.25) is 0 Å². The van der Waals surface area contributed by atoms with Crippen LogP contribution in [0.15, 0.2) is 30.3 Å². The van der Waals surface area contributed by atoms with Gasteiger partial charge in [-0.25, -0.2) is 0 Å². The summed E-state index contributed by atoms with van der Waals surface area (Å²) in [4.78, 5) is 2.60. The maximum Gasteiger partial charge on any atom is 0.0233 e. The first kappa shape index (κ1) is 12.6. The largest absolute Gasteiger partial charge is 0.299 e. The summed E-state index contributed by atoms with van der Waals surface area (Å²) in [7, 11) is 0. The average molecular weight is 231 g/mol. The molecule has 1 aliphatic rings. The molecule has 1 nitrogen and oxygen atoms in total. The summed E-state index contributed by atoms with van der Waals surface area (Å²) < 4.78 is 0. The highest BCUT2D eigenvalue weighted by Crippen LogP contribution is 2.30. The molecule has 1 atom stereocenters. The summed E-state index contributed by atoms with van der Waals surface area (Å²) in [6, 6.07) is 10.8. The first-order valence-electron chi connectivity index (χ1n) is 6.79. The third-order valence-electron chi connectivity index (χ3n) is 3.52. The summed E-state index contributed by atoms with van der Waals surface area (Å²) in [5.74, 6) is 0.902. The Hall–Kier alpha value is -0.820. The molecule has 0 radical (unpaired) electrons. The lowest BCUT2D eigenvalue weighted by Gasteiger charge is -2.23. The van der Waals surface area contributed by atoms with E-state index in [9.17, 15) is 0 Å². The van der Waals surface area contributed by atoms with E-state index in [1.54, 1.807) is 0 Å². The van der Waals surface area contributed by atoms with Gasteiger partial charge in [0, 0.05) is 13.1 Å². The quantitative estimate of drug-likeness (QED) is 0.761. The minimum absolute atomic E-state index is 0.480. The number of hydrogen-bond acceptors (Lipinski definition) is 1. The van der Waals surface area contributed by atoms with E-state index in [0.717, 1.165) is 12.5 Å². The van der Waals surface area contributed by atoms with E-state index in [1.807, 2.05) is 0 Å².